The lowest BCUT2D eigenvalue weighted by Crippen LogP contribution is -2.04. The van der Waals surface area contributed by atoms with Crippen LogP contribution in [0.2, 0.25) is 0 Å². The largest absolute Gasteiger partial charge is 0.374 e. The van der Waals surface area contributed by atoms with Gasteiger partial charge in [0.25, 0.3) is 0 Å². The van der Waals surface area contributed by atoms with E-state index in [4.69, 9.17) is 5.26 Å². The van der Waals surface area contributed by atoms with E-state index >= 15 is 0 Å². The second-order valence-electron chi connectivity index (χ2n) is 3.62. The van der Waals surface area contributed by atoms with Crippen LogP contribution in [0.1, 0.15) is 22.0 Å². The van der Waals surface area contributed by atoms with Gasteiger partial charge in [0, 0.05) is 18.3 Å². The van der Waals surface area contributed by atoms with E-state index in [-0.39, 0.29) is 0 Å². The van der Waals surface area contributed by atoms with E-state index in [0.717, 1.165) is 34.4 Å². The Balaban J connectivity index is 1.92. The zero-order valence-corrected chi connectivity index (χ0v) is 11.3. The molecule has 88 valence electrons. The Morgan fingerprint density at radius 1 is 1.47 bits per heavy atom. The number of nitriles is 1. The first-order valence-corrected chi connectivity index (χ1v) is 6.87. The summed E-state index contributed by atoms with van der Waals surface area (Å²) in [5.74, 6) is 0. The van der Waals surface area contributed by atoms with Crippen molar-refractivity contribution in [3.05, 3.63) is 27.3 Å². The number of hydrogen-bond acceptors (Lipinski definition) is 6. The number of hydrogen-bond donors (Lipinski definition) is 1. The van der Waals surface area contributed by atoms with Crippen molar-refractivity contribution in [1.82, 2.24) is 9.36 Å². The highest BCUT2D eigenvalue weighted by atomic mass is 32.1. The average molecular weight is 264 g/mol. The van der Waals surface area contributed by atoms with Gasteiger partial charge in [-0.1, -0.05) is 0 Å². The summed E-state index contributed by atoms with van der Waals surface area (Å²) in [7, 11) is 0. The summed E-state index contributed by atoms with van der Waals surface area (Å²) in [4.78, 5) is 4.39. The highest BCUT2D eigenvalue weighted by Crippen LogP contribution is 2.23. The lowest BCUT2D eigenvalue weighted by Gasteiger charge is -2.01. The highest BCUT2D eigenvalue weighted by molar-refractivity contribution is 7.10. The molecule has 0 radical (unpaired) electrons. The third-order valence-corrected chi connectivity index (χ3v) is 4.03. The van der Waals surface area contributed by atoms with Crippen molar-refractivity contribution in [2.75, 3.05) is 11.9 Å². The summed E-state index contributed by atoms with van der Waals surface area (Å²) in [5, 5.41) is 16.2. The fraction of sp³-hybridized carbons (Fsp3) is 0.364. The van der Waals surface area contributed by atoms with Gasteiger partial charge in [0.2, 0.25) is 0 Å². The molecule has 1 N–H and O–H groups in total. The van der Waals surface area contributed by atoms with E-state index in [1.54, 1.807) is 11.3 Å². The number of anilines is 1. The molecular formula is C11H12N4S2. The zero-order valence-electron chi connectivity index (χ0n) is 9.65. The molecule has 6 heteroatoms. The van der Waals surface area contributed by atoms with E-state index in [2.05, 4.69) is 26.1 Å². The van der Waals surface area contributed by atoms with Gasteiger partial charge >= 0.3 is 0 Å². The van der Waals surface area contributed by atoms with Gasteiger partial charge in [-0.25, -0.2) is 4.98 Å². The van der Waals surface area contributed by atoms with Gasteiger partial charge in [0.15, 0.2) is 0 Å². The van der Waals surface area contributed by atoms with Crippen molar-refractivity contribution in [3.8, 4) is 6.07 Å². The summed E-state index contributed by atoms with van der Waals surface area (Å²) in [6.45, 7) is 4.63. The van der Waals surface area contributed by atoms with Crippen LogP contribution >= 0.6 is 22.9 Å². The topological polar surface area (TPSA) is 61.6 Å². The Morgan fingerprint density at radius 2 is 2.29 bits per heavy atom. The second kappa shape index (κ2) is 5.25. The van der Waals surface area contributed by atoms with E-state index in [1.165, 1.54) is 11.5 Å². The van der Waals surface area contributed by atoms with Crippen LogP contribution in [0.4, 0.5) is 5.00 Å². The van der Waals surface area contributed by atoms with Crippen molar-refractivity contribution >= 4 is 27.9 Å². The van der Waals surface area contributed by atoms with Gasteiger partial charge < -0.3 is 5.32 Å². The van der Waals surface area contributed by atoms with Crippen LogP contribution in [0.25, 0.3) is 0 Å². The van der Waals surface area contributed by atoms with Gasteiger partial charge in [0.1, 0.15) is 16.6 Å². The molecule has 4 nitrogen and oxygen atoms in total. The predicted molar refractivity (Wildman–Crippen MR) is 70.6 cm³/mol. The molecule has 0 aliphatic carbocycles. The fourth-order valence-corrected chi connectivity index (χ4v) is 2.87. The first-order chi connectivity index (χ1) is 8.20. The Kier molecular flexibility index (Phi) is 3.71. The van der Waals surface area contributed by atoms with Gasteiger partial charge in [0.05, 0.1) is 16.4 Å². The fourth-order valence-electron chi connectivity index (χ4n) is 1.45. The molecule has 0 fully saturated rings. The molecule has 0 aliphatic rings. The van der Waals surface area contributed by atoms with Gasteiger partial charge in [-0.2, -0.15) is 9.64 Å². The van der Waals surface area contributed by atoms with Crippen LogP contribution in [0.15, 0.2) is 5.38 Å². The Labute approximate surface area is 108 Å². The minimum atomic E-state index is 0.657. The molecule has 0 saturated carbocycles. The number of nitrogens with one attached hydrogen (secondary N) is 1. The molecule has 0 saturated heterocycles. The molecule has 2 aromatic heterocycles. The molecule has 0 bridgehead atoms. The third kappa shape index (κ3) is 2.81. The maximum absolute atomic E-state index is 8.97. The number of rotatable bonds is 4. The first-order valence-electron chi connectivity index (χ1n) is 5.22. The molecule has 17 heavy (non-hydrogen) atoms. The summed E-state index contributed by atoms with van der Waals surface area (Å²) in [6, 6.07) is 2.17. The Bertz CT molecular complexity index is 550. The molecule has 0 amide bonds. The molecule has 2 aromatic rings. The van der Waals surface area contributed by atoms with E-state index < -0.39 is 0 Å². The quantitative estimate of drug-likeness (QED) is 0.922. The number of aromatic nitrogens is 2. The second-order valence-corrected chi connectivity index (χ2v) is 5.45. The van der Waals surface area contributed by atoms with Gasteiger partial charge in [-0.15, -0.1) is 11.3 Å². The van der Waals surface area contributed by atoms with Gasteiger partial charge in [-0.3, -0.25) is 0 Å². The molecular weight excluding hydrogens is 252 g/mol. The zero-order chi connectivity index (χ0) is 12.3. The van der Waals surface area contributed by atoms with Crippen molar-refractivity contribution in [3.63, 3.8) is 0 Å². The Morgan fingerprint density at radius 3 is 2.94 bits per heavy atom. The number of nitrogens with zero attached hydrogens (tertiary/aromatic N) is 3. The molecule has 2 rings (SSSR count). The molecule has 0 unspecified atom stereocenters. The average Bonchev–Trinajstić information content (AvgIpc) is 2.86. The first kappa shape index (κ1) is 12.0. The van der Waals surface area contributed by atoms with Crippen LogP contribution in [-0.4, -0.2) is 15.9 Å². The van der Waals surface area contributed by atoms with Crippen LogP contribution in [-0.2, 0) is 6.42 Å². The van der Waals surface area contributed by atoms with E-state index in [1.807, 2.05) is 13.8 Å². The lowest BCUT2D eigenvalue weighted by atomic mass is 10.2. The number of aryl methyl sites for hydroxylation is 2. The summed E-state index contributed by atoms with van der Waals surface area (Å²) < 4.78 is 4.16. The van der Waals surface area contributed by atoms with Crippen molar-refractivity contribution in [2.45, 2.75) is 20.3 Å². The molecule has 0 spiro atoms. The highest BCUT2D eigenvalue weighted by Gasteiger charge is 2.09. The normalized spacial score (nSPS) is 10.2. The summed E-state index contributed by atoms with van der Waals surface area (Å²) in [6.07, 6.45) is 0.867. The Hall–Kier alpha value is -1.45. The van der Waals surface area contributed by atoms with Crippen LogP contribution < -0.4 is 5.32 Å². The minimum absolute atomic E-state index is 0.657. The monoisotopic (exact) mass is 264 g/mol. The number of thiazole rings is 1. The van der Waals surface area contributed by atoms with Crippen molar-refractivity contribution < 1.29 is 0 Å². The summed E-state index contributed by atoms with van der Waals surface area (Å²) >= 11 is 3.00. The standard InChI is InChI=1S/C11H12N4S2/c1-7-10(5-12)11(17-15-7)13-4-3-9-6-16-8(2)14-9/h6,13H,3-4H2,1-2H3. The maximum atomic E-state index is 8.97. The molecule has 0 atom stereocenters. The molecule has 0 aliphatic heterocycles. The van der Waals surface area contributed by atoms with Crippen LogP contribution in [0.3, 0.4) is 0 Å². The van der Waals surface area contributed by atoms with Crippen LogP contribution in [0, 0.1) is 25.2 Å². The SMILES string of the molecule is Cc1nc(CCNc2snc(C)c2C#N)cs1. The van der Waals surface area contributed by atoms with E-state index in [0.29, 0.717) is 5.56 Å². The smallest absolute Gasteiger partial charge is 0.127 e. The summed E-state index contributed by atoms with van der Waals surface area (Å²) in [5.41, 5.74) is 2.55. The van der Waals surface area contributed by atoms with Crippen LogP contribution in [0.5, 0.6) is 0 Å². The molecule has 2 heterocycles. The van der Waals surface area contributed by atoms with E-state index in [9.17, 15) is 0 Å². The van der Waals surface area contributed by atoms with Crippen molar-refractivity contribution in [2.24, 2.45) is 0 Å². The van der Waals surface area contributed by atoms with Crippen molar-refractivity contribution in [1.29, 1.82) is 5.26 Å². The third-order valence-electron chi connectivity index (χ3n) is 2.31. The maximum Gasteiger partial charge on any atom is 0.127 e. The lowest BCUT2D eigenvalue weighted by molar-refractivity contribution is 0.971. The predicted octanol–water partition coefficient (Wildman–Crippen LogP) is 2.74. The molecule has 0 aromatic carbocycles. The minimum Gasteiger partial charge on any atom is -0.374 e. The van der Waals surface area contributed by atoms with Gasteiger partial charge in [-0.05, 0) is 25.4 Å².